The average molecular weight is 390 g/mol. The molecule has 0 bridgehead atoms. The first-order valence-corrected chi connectivity index (χ1v) is 7.72. The summed E-state index contributed by atoms with van der Waals surface area (Å²) < 4.78 is 15.3. The van der Waals surface area contributed by atoms with Crippen LogP contribution in [0.4, 0.5) is 4.79 Å². The topological polar surface area (TPSA) is 73.9 Å². The number of esters is 1. The summed E-state index contributed by atoms with van der Waals surface area (Å²) in [6, 6.07) is 5.97. The Bertz CT molecular complexity index is 526. The lowest BCUT2D eigenvalue weighted by molar-refractivity contribution is -0.139. The number of carbonyl (C=O) groups is 2. The van der Waals surface area contributed by atoms with E-state index in [0.717, 1.165) is 15.8 Å². The minimum absolute atomic E-state index is 0.175. The zero-order valence-electron chi connectivity index (χ0n) is 14.4. The Morgan fingerprint density at radius 3 is 2.26 bits per heavy atom. The summed E-state index contributed by atoms with van der Waals surface area (Å²) in [6.07, 6.45) is -0.627. The van der Waals surface area contributed by atoms with E-state index in [1.165, 1.54) is 7.11 Å². The number of aryl methyl sites for hydroxylation is 1. The van der Waals surface area contributed by atoms with Crippen LogP contribution in [0, 0.1) is 6.92 Å². The van der Waals surface area contributed by atoms with Crippen LogP contribution in [0.1, 0.15) is 26.3 Å². The van der Waals surface area contributed by atoms with Gasteiger partial charge in [0.05, 0.1) is 14.2 Å². The van der Waals surface area contributed by atoms with Gasteiger partial charge < -0.3 is 19.5 Å². The molecule has 0 radical (unpaired) electrons. The first kappa shape index (κ1) is 21.2. The number of methoxy groups -OCH3 is 2. The van der Waals surface area contributed by atoms with Gasteiger partial charge in [-0.3, -0.25) is 4.79 Å². The number of alkyl carbamates (subject to hydrolysis) is 1. The van der Waals surface area contributed by atoms with E-state index in [-0.39, 0.29) is 6.54 Å². The predicted molar refractivity (Wildman–Crippen MR) is 91.7 cm³/mol. The van der Waals surface area contributed by atoms with Crippen LogP contribution in [0.3, 0.4) is 0 Å². The fourth-order valence-electron chi connectivity index (χ4n) is 1.32. The van der Waals surface area contributed by atoms with E-state index < -0.39 is 17.7 Å². The Morgan fingerprint density at radius 2 is 1.83 bits per heavy atom. The van der Waals surface area contributed by atoms with Crippen molar-refractivity contribution in [2.75, 3.05) is 20.8 Å². The van der Waals surface area contributed by atoms with Crippen LogP contribution in [0.15, 0.2) is 22.7 Å². The predicted octanol–water partition coefficient (Wildman–Crippen LogP) is 3.45. The largest absolute Gasteiger partial charge is 0.496 e. The van der Waals surface area contributed by atoms with Crippen LogP contribution in [0.5, 0.6) is 5.75 Å². The van der Waals surface area contributed by atoms with Crippen molar-refractivity contribution in [1.82, 2.24) is 5.32 Å². The monoisotopic (exact) mass is 389 g/mol. The third kappa shape index (κ3) is 10.6. The van der Waals surface area contributed by atoms with Crippen molar-refractivity contribution in [1.29, 1.82) is 0 Å². The van der Waals surface area contributed by atoms with Crippen LogP contribution < -0.4 is 10.1 Å². The molecule has 7 heteroatoms. The van der Waals surface area contributed by atoms with Crippen molar-refractivity contribution < 1.29 is 23.8 Å². The lowest BCUT2D eigenvalue weighted by Crippen LogP contribution is -2.35. The van der Waals surface area contributed by atoms with Crippen molar-refractivity contribution >= 4 is 28.0 Å². The van der Waals surface area contributed by atoms with Gasteiger partial charge in [-0.05, 0) is 45.4 Å². The van der Waals surface area contributed by atoms with Crippen molar-refractivity contribution in [3.63, 3.8) is 0 Å². The summed E-state index contributed by atoms with van der Waals surface area (Å²) in [5, 5.41) is 2.25. The summed E-state index contributed by atoms with van der Waals surface area (Å²) in [7, 11) is 2.92. The Hall–Kier alpha value is -1.76. The Kier molecular flexibility index (Phi) is 9.32. The minimum atomic E-state index is -0.627. The summed E-state index contributed by atoms with van der Waals surface area (Å²) >= 11 is 3.36. The molecule has 0 heterocycles. The van der Waals surface area contributed by atoms with Crippen molar-refractivity contribution in [2.24, 2.45) is 0 Å². The Morgan fingerprint density at radius 1 is 1.22 bits per heavy atom. The molecule has 1 aromatic carbocycles. The van der Waals surface area contributed by atoms with Crippen molar-refractivity contribution in [3.05, 3.63) is 28.2 Å². The van der Waals surface area contributed by atoms with Gasteiger partial charge in [0.1, 0.15) is 17.9 Å². The highest BCUT2D eigenvalue weighted by molar-refractivity contribution is 9.10. The first-order chi connectivity index (χ1) is 10.6. The lowest BCUT2D eigenvalue weighted by Gasteiger charge is -2.19. The second kappa shape index (κ2) is 10.1. The van der Waals surface area contributed by atoms with Gasteiger partial charge >= 0.3 is 12.1 Å². The number of amides is 1. The normalized spacial score (nSPS) is 10.0. The molecular weight excluding hydrogens is 366 g/mol. The molecule has 23 heavy (non-hydrogen) atoms. The zero-order chi connectivity index (χ0) is 18.0. The zero-order valence-corrected chi connectivity index (χ0v) is 15.9. The van der Waals surface area contributed by atoms with E-state index in [4.69, 9.17) is 9.47 Å². The highest BCUT2D eigenvalue weighted by atomic mass is 79.9. The van der Waals surface area contributed by atoms with Gasteiger partial charge in [0.15, 0.2) is 0 Å². The molecule has 0 fully saturated rings. The van der Waals surface area contributed by atoms with E-state index in [1.54, 1.807) is 27.9 Å². The number of halogens is 1. The van der Waals surface area contributed by atoms with Gasteiger partial charge in [0.25, 0.3) is 0 Å². The van der Waals surface area contributed by atoms with Crippen LogP contribution in [-0.2, 0) is 14.3 Å². The smallest absolute Gasteiger partial charge is 0.408 e. The van der Waals surface area contributed by atoms with Gasteiger partial charge in [-0.25, -0.2) is 4.79 Å². The molecule has 0 aliphatic rings. The SMILES string of the molecule is COC(=O)CNC(=O)OC(C)(C)C.COc1cc(Br)ccc1C. The second-order valence-corrected chi connectivity index (χ2v) is 6.46. The van der Waals surface area contributed by atoms with Crippen LogP contribution in [-0.4, -0.2) is 38.4 Å². The van der Waals surface area contributed by atoms with E-state index >= 15 is 0 Å². The summed E-state index contributed by atoms with van der Waals surface area (Å²) in [4.78, 5) is 21.5. The molecule has 0 aliphatic carbocycles. The number of rotatable bonds is 3. The molecule has 0 unspecified atom stereocenters. The summed E-state index contributed by atoms with van der Waals surface area (Å²) in [6.45, 7) is 7.07. The molecule has 0 atom stereocenters. The molecule has 0 spiro atoms. The molecule has 0 saturated carbocycles. The molecule has 6 nitrogen and oxygen atoms in total. The fourth-order valence-corrected chi connectivity index (χ4v) is 1.66. The molecule has 0 aliphatic heterocycles. The maximum atomic E-state index is 10.9. The van der Waals surface area contributed by atoms with Crippen molar-refractivity contribution in [3.8, 4) is 5.75 Å². The fraction of sp³-hybridized carbons (Fsp3) is 0.500. The minimum Gasteiger partial charge on any atom is -0.496 e. The quantitative estimate of drug-likeness (QED) is 0.801. The number of carbonyl (C=O) groups excluding carboxylic acids is 2. The number of hydrogen-bond donors (Lipinski definition) is 1. The highest BCUT2D eigenvalue weighted by Crippen LogP contribution is 2.21. The van der Waals surface area contributed by atoms with E-state index in [0.29, 0.717) is 0 Å². The maximum Gasteiger partial charge on any atom is 0.408 e. The van der Waals surface area contributed by atoms with E-state index in [9.17, 15) is 9.59 Å². The second-order valence-electron chi connectivity index (χ2n) is 5.55. The number of ether oxygens (including phenoxy) is 3. The van der Waals surface area contributed by atoms with Gasteiger partial charge in [0.2, 0.25) is 0 Å². The molecular formula is C16H24BrNO5. The van der Waals surface area contributed by atoms with Gasteiger partial charge in [-0.2, -0.15) is 0 Å². The van der Waals surface area contributed by atoms with Crippen LogP contribution >= 0.6 is 15.9 Å². The third-order valence-corrected chi connectivity index (χ3v) is 2.87. The van der Waals surface area contributed by atoms with Crippen LogP contribution in [0.2, 0.25) is 0 Å². The Labute approximate surface area is 145 Å². The first-order valence-electron chi connectivity index (χ1n) is 6.93. The summed E-state index contributed by atoms with van der Waals surface area (Å²) in [5.41, 5.74) is 0.603. The van der Waals surface area contributed by atoms with Gasteiger partial charge in [-0.15, -0.1) is 0 Å². The standard InChI is InChI=1S/C8H9BrO.C8H15NO4/c1-6-3-4-7(9)5-8(6)10-2;1-8(2,3)13-7(11)9-5-6(10)12-4/h3-5H,1-2H3;5H2,1-4H3,(H,9,11). The molecule has 1 rings (SSSR count). The lowest BCUT2D eigenvalue weighted by atomic mass is 10.2. The van der Waals surface area contributed by atoms with Gasteiger partial charge in [0, 0.05) is 4.47 Å². The molecule has 1 amide bonds. The molecule has 130 valence electrons. The maximum absolute atomic E-state index is 10.9. The Balaban J connectivity index is 0.000000433. The average Bonchev–Trinajstić information content (AvgIpc) is 2.46. The highest BCUT2D eigenvalue weighted by Gasteiger charge is 2.16. The number of benzene rings is 1. The van der Waals surface area contributed by atoms with Crippen molar-refractivity contribution in [2.45, 2.75) is 33.3 Å². The number of nitrogens with one attached hydrogen (secondary N) is 1. The van der Waals surface area contributed by atoms with Gasteiger partial charge in [-0.1, -0.05) is 22.0 Å². The van der Waals surface area contributed by atoms with E-state index in [2.05, 4.69) is 26.0 Å². The molecule has 1 aromatic rings. The number of hydrogen-bond acceptors (Lipinski definition) is 5. The summed E-state index contributed by atoms with van der Waals surface area (Å²) in [5.74, 6) is 0.417. The molecule has 1 N–H and O–H groups in total. The molecule has 0 saturated heterocycles. The molecule has 0 aromatic heterocycles. The third-order valence-electron chi connectivity index (χ3n) is 2.37. The van der Waals surface area contributed by atoms with E-state index in [1.807, 2.05) is 25.1 Å². The van der Waals surface area contributed by atoms with Crippen LogP contribution in [0.25, 0.3) is 0 Å².